The van der Waals surface area contributed by atoms with Gasteiger partial charge in [0.2, 0.25) is 0 Å². The van der Waals surface area contributed by atoms with Crippen molar-refractivity contribution in [2.24, 2.45) is 0 Å². The van der Waals surface area contributed by atoms with Crippen molar-refractivity contribution in [3.05, 3.63) is 16.4 Å². The van der Waals surface area contributed by atoms with Crippen LogP contribution in [0.5, 0.6) is 0 Å². The minimum atomic E-state index is 0.170. The lowest BCUT2D eigenvalue weighted by Gasteiger charge is -2.37. The second kappa shape index (κ2) is 8.27. The number of aryl methyl sites for hydroxylation is 1. The Balaban J connectivity index is 2.19. The predicted molar refractivity (Wildman–Crippen MR) is 88.5 cm³/mol. The zero-order chi connectivity index (χ0) is 15.2. The van der Waals surface area contributed by atoms with Crippen LogP contribution in [0.25, 0.3) is 0 Å². The van der Waals surface area contributed by atoms with E-state index in [9.17, 15) is 0 Å². The summed E-state index contributed by atoms with van der Waals surface area (Å²) in [4.78, 5) is 2.50. The maximum absolute atomic E-state index is 6.08. The van der Waals surface area contributed by atoms with Gasteiger partial charge in [0.25, 0.3) is 0 Å². The summed E-state index contributed by atoms with van der Waals surface area (Å²) in [7, 11) is 0. The minimum Gasteiger partial charge on any atom is -0.374 e. The van der Waals surface area contributed by atoms with Crippen LogP contribution in [-0.2, 0) is 11.3 Å². The highest BCUT2D eigenvalue weighted by Crippen LogP contribution is 2.28. The summed E-state index contributed by atoms with van der Waals surface area (Å²) in [5.74, 6) is 0. The molecule has 1 aromatic rings. The van der Waals surface area contributed by atoms with Crippen LogP contribution in [0, 0.1) is 0 Å². The second-order valence-corrected chi connectivity index (χ2v) is 6.29. The van der Waals surface area contributed by atoms with E-state index in [1.807, 2.05) is 6.20 Å². The Hall–Kier alpha value is -0.430. The van der Waals surface area contributed by atoms with Gasteiger partial charge in [0.05, 0.1) is 35.1 Å². The molecule has 2 atom stereocenters. The first kappa shape index (κ1) is 16.9. The summed E-state index contributed by atoms with van der Waals surface area (Å²) >= 11 is 3.65. The Morgan fingerprint density at radius 1 is 1.48 bits per heavy atom. The molecule has 1 saturated heterocycles. The molecule has 5 nitrogen and oxygen atoms in total. The molecule has 0 aromatic carbocycles. The van der Waals surface area contributed by atoms with Gasteiger partial charge in [-0.3, -0.25) is 9.58 Å². The van der Waals surface area contributed by atoms with Gasteiger partial charge < -0.3 is 10.1 Å². The van der Waals surface area contributed by atoms with Crippen molar-refractivity contribution in [2.75, 3.05) is 32.8 Å². The molecule has 1 aliphatic heterocycles. The molecule has 120 valence electrons. The van der Waals surface area contributed by atoms with E-state index >= 15 is 0 Å². The Morgan fingerprint density at radius 3 is 2.95 bits per heavy atom. The Bertz CT molecular complexity index is 435. The molecule has 0 radical (unpaired) electrons. The van der Waals surface area contributed by atoms with Gasteiger partial charge in [0, 0.05) is 19.6 Å². The molecule has 1 aliphatic rings. The SMILES string of the molecule is CCCN1CCOC(C(NCC)c2c(Br)cnn2CC)C1. The Kier molecular flexibility index (Phi) is 6.67. The third kappa shape index (κ3) is 4.06. The minimum absolute atomic E-state index is 0.170. The van der Waals surface area contributed by atoms with Crippen LogP contribution in [0.3, 0.4) is 0 Å². The smallest absolute Gasteiger partial charge is 0.0912 e. The lowest BCUT2D eigenvalue weighted by molar-refractivity contribution is -0.0482. The fraction of sp³-hybridized carbons (Fsp3) is 0.800. The van der Waals surface area contributed by atoms with E-state index in [0.29, 0.717) is 0 Å². The zero-order valence-corrected chi connectivity index (χ0v) is 14.9. The van der Waals surface area contributed by atoms with Crippen LogP contribution in [0.1, 0.15) is 38.9 Å². The Morgan fingerprint density at radius 2 is 2.29 bits per heavy atom. The molecule has 0 saturated carbocycles. The van der Waals surface area contributed by atoms with Crippen molar-refractivity contribution < 1.29 is 4.74 Å². The molecule has 1 fully saturated rings. The summed E-state index contributed by atoms with van der Waals surface area (Å²) in [6.45, 7) is 12.3. The molecule has 2 heterocycles. The van der Waals surface area contributed by atoms with Gasteiger partial charge in [-0.2, -0.15) is 5.10 Å². The van der Waals surface area contributed by atoms with Crippen LogP contribution in [-0.4, -0.2) is 53.6 Å². The van der Waals surface area contributed by atoms with Crippen molar-refractivity contribution in [3.8, 4) is 0 Å². The third-order valence-corrected chi connectivity index (χ3v) is 4.55. The highest BCUT2D eigenvalue weighted by atomic mass is 79.9. The Labute approximate surface area is 136 Å². The van der Waals surface area contributed by atoms with Gasteiger partial charge in [-0.15, -0.1) is 0 Å². The van der Waals surface area contributed by atoms with Crippen molar-refractivity contribution >= 4 is 15.9 Å². The molecular weight excluding hydrogens is 332 g/mol. The molecule has 0 aliphatic carbocycles. The lowest BCUT2D eigenvalue weighted by Crippen LogP contribution is -2.48. The van der Waals surface area contributed by atoms with Crippen LogP contribution in [0.2, 0.25) is 0 Å². The molecule has 6 heteroatoms. The van der Waals surface area contributed by atoms with E-state index in [4.69, 9.17) is 4.74 Å². The second-order valence-electron chi connectivity index (χ2n) is 5.44. The number of nitrogens with zero attached hydrogens (tertiary/aromatic N) is 3. The summed E-state index contributed by atoms with van der Waals surface area (Å²) in [5.41, 5.74) is 1.20. The highest BCUT2D eigenvalue weighted by molar-refractivity contribution is 9.10. The fourth-order valence-corrected chi connectivity index (χ4v) is 3.55. The van der Waals surface area contributed by atoms with Gasteiger partial charge >= 0.3 is 0 Å². The van der Waals surface area contributed by atoms with Gasteiger partial charge in [-0.05, 0) is 42.4 Å². The maximum atomic E-state index is 6.08. The molecule has 0 bridgehead atoms. The standard InChI is InChI=1S/C15H27BrN4O/c1-4-7-19-8-9-21-13(11-19)14(17-5-2)15-12(16)10-18-20(15)6-3/h10,13-14,17H,4-9,11H2,1-3H3. The molecule has 1 N–H and O–H groups in total. The first-order chi connectivity index (χ1) is 10.2. The van der Waals surface area contributed by atoms with Crippen LogP contribution in [0.4, 0.5) is 0 Å². The number of hydrogen-bond donors (Lipinski definition) is 1. The average molecular weight is 359 g/mol. The molecule has 21 heavy (non-hydrogen) atoms. The molecule has 0 spiro atoms. The van der Waals surface area contributed by atoms with E-state index in [2.05, 4.69) is 56.7 Å². The number of nitrogens with one attached hydrogen (secondary N) is 1. The topological polar surface area (TPSA) is 42.3 Å². The lowest BCUT2D eigenvalue weighted by atomic mass is 10.0. The van der Waals surface area contributed by atoms with Crippen LogP contribution >= 0.6 is 15.9 Å². The summed E-state index contributed by atoms with van der Waals surface area (Å²) in [6, 6.07) is 0.173. The van der Waals surface area contributed by atoms with E-state index in [-0.39, 0.29) is 12.1 Å². The molecule has 0 amide bonds. The van der Waals surface area contributed by atoms with Crippen LogP contribution in [0.15, 0.2) is 10.7 Å². The molecule has 2 rings (SSSR count). The fourth-order valence-electron chi connectivity index (χ4n) is 3.01. The quantitative estimate of drug-likeness (QED) is 0.812. The molecular formula is C15H27BrN4O. The highest BCUT2D eigenvalue weighted by Gasteiger charge is 2.32. The van der Waals surface area contributed by atoms with Crippen molar-refractivity contribution in [1.29, 1.82) is 0 Å². The van der Waals surface area contributed by atoms with Crippen molar-refractivity contribution in [3.63, 3.8) is 0 Å². The van der Waals surface area contributed by atoms with Crippen molar-refractivity contribution in [1.82, 2.24) is 20.0 Å². The van der Waals surface area contributed by atoms with Crippen LogP contribution < -0.4 is 5.32 Å². The average Bonchev–Trinajstić information content (AvgIpc) is 2.86. The first-order valence-corrected chi connectivity index (χ1v) is 8.79. The zero-order valence-electron chi connectivity index (χ0n) is 13.3. The van der Waals surface area contributed by atoms with E-state index in [0.717, 1.165) is 43.8 Å². The number of rotatable bonds is 7. The van der Waals surface area contributed by atoms with E-state index in [1.165, 1.54) is 12.1 Å². The number of halogens is 1. The van der Waals surface area contributed by atoms with Gasteiger partial charge in [0.15, 0.2) is 0 Å². The molecule has 2 unspecified atom stereocenters. The van der Waals surface area contributed by atoms with Gasteiger partial charge in [-0.1, -0.05) is 13.8 Å². The monoisotopic (exact) mass is 358 g/mol. The predicted octanol–water partition coefficient (Wildman–Crippen LogP) is 2.43. The normalized spacial score (nSPS) is 21.6. The van der Waals surface area contributed by atoms with E-state index < -0.39 is 0 Å². The summed E-state index contributed by atoms with van der Waals surface area (Å²) < 4.78 is 9.20. The maximum Gasteiger partial charge on any atom is 0.0912 e. The number of aromatic nitrogens is 2. The number of morpholine rings is 1. The van der Waals surface area contributed by atoms with E-state index in [1.54, 1.807) is 0 Å². The number of likely N-dealkylation sites (N-methyl/N-ethyl adjacent to an activating group) is 1. The van der Waals surface area contributed by atoms with Crippen molar-refractivity contribution in [2.45, 2.75) is 45.9 Å². The van der Waals surface area contributed by atoms with Gasteiger partial charge in [0.1, 0.15) is 0 Å². The number of ether oxygens (including phenoxy) is 1. The third-order valence-electron chi connectivity index (χ3n) is 3.94. The molecule has 1 aromatic heterocycles. The largest absolute Gasteiger partial charge is 0.374 e. The number of hydrogen-bond acceptors (Lipinski definition) is 4. The summed E-state index contributed by atoms with van der Waals surface area (Å²) in [5, 5.41) is 8.04. The van der Waals surface area contributed by atoms with Gasteiger partial charge in [-0.25, -0.2) is 0 Å². The first-order valence-electron chi connectivity index (χ1n) is 7.99. The summed E-state index contributed by atoms with van der Waals surface area (Å²) in [6.07, 6.45) is 3.24.